The minimum atomic E-state index is 0.308. The smallest absolute Gasteiger partial charge is 0.115 e. The molecule has 1 heterocycles. The van der Waals surface area contributed by atoms with E-state index >= 15 is 0 Å². The second kappa shape index (κ2) is 5.27. The average molecular weight is 248 g/mol. The largest absolute Gasteiger partial charge is 0.508 e. The number of phenols is 1. The van der Waals surface area contributed by atoms with Crippen molar-refractivity contribution in [2.45, 2.75) is 24.0 Å². The first-order valence-corrected chi connectivity index (χ1v) is 6.61. The van der Waals surface area contributed by atoms with Gasteiger partial charge in [-0.05, 0) is 36.8 Å². The summed E-state index contributed by atoms with van der Waals surface area (Å²) in [5.74, 6) is 1.21. The molecule has 0 aliphatic rings. The summed E-state index contributed by atoms with van der Waals surface area (Å²) in [6.45, 7) is 2.11. The highest BCUT2D eigenvalue weighted by Crippen LogP contribution is 2.24. The normalized spacial score (nSPS) is 10.7. The third-order valence-electron chi connectivity index (χ3n) is 2.61. The zero-order chi connectivity index (χ0) is 12.3. The molecule has 4 heteroatoms. The molecule has 0 spiro atoms. The molecule has 2 rings (SSSR count). The minimum absolute atomic E-state index is 0.308. The molecule has 1 aromatic heterocycles. The second-order valence-corrected chi connectivity index (χ2v) is 4.94. The van der Waals surface area contributed by atoms with E-state index in [9.17, 15) is 5.11 Å². The first-order valence-electron chi connectivity index (χ1n) is 5.62. The number of benzene rings is 1. The number of nitrogens with zero attached hydrogens (tertiary/aromatic N) is 2. The highest BCUT2D eigenvalue weighted by molar-refractivity contribution is 7.98. The van der Waals surface area contributed by atoms with E-state index in [0.29, 0.717) is 5.75 Å². The maximum Gasteiger partial charge on any atom is 0.115 e. The number of aryl methyl sites for hydroxylation is 2. The number of hydrogen-bond donors (Lipinski definition) is 1. The van der Waals surface area contributed by atoms with Crippen LogP contribution >= 0.6 is 11.8 Å². The van der Waals surface area contributed by atoms with Crippen LogP contribution in [0.15, 0.2) is 35.2 Å². The summed E-state index contributed by atoms with van der Waals surface area (Å²) in [5, 5.41) is 13.6. The van der Waals surface area contributed by atoms with Crippen LogP contribution in [-0.4, -0.2) is 14.9 Å². The summed E-state index contributed by atoms with van der Waals surface area (Å²) in [4.78, 5) is 1.15. The summed E-state index contributed by atoms with van der Waals surface area (Å²) >= 11 is 1.75. The molecule has 90 valence electrons. The Morgan fingerprint density at radius 3 is 2.59 bits per heavy atom. The van der Waals surface area contributed by atoms with E-state index in [0.717, 1.165) is 22.8 Å². The second-order valence-electron chi connectivity index (χ2n) is 3.89. The van der Waals surface area contributed by atoms with Gasteiger partial charge >= 0.3 is 0 Å². The number of thioether (sulfide) groups is 1. The van der Waals surface area contributed by atoms with Crippen molar-refractivity contribution < 1.29 is 5.11 Å². The molecule has 17 heavy (non-hydrogen) atoms. The van der Waals surface area contributed by atoms with Gasteiger partial charge in [0.2, 0.25) is 0 Å². The van der Waals surface area contributed by atoms with Crippen LogP contribution in [0.3, 0.4) is 0 Å². The Balaban J connectivity index is 2.01. The van der Waals surface area contributed by atoms with E-state index in [1.165, 1.54) is 5.69 Å². The van der Waals surface area contributed by atoms with E-state index < -0.39 is 0 Å². The van der Waals surface area contributed by atoms with E-state index in [1.807, 2.05) is 23.9 Å². The average Bonchev–Trinajstić information content (AvgIpc) is 2.69. The topological polar surface area (TPSA) is 38.0 Å². The van der Waals surface area contributed by atoms with Crippen molar-refractivity contribution in [2.24, 2.45) is 7.05 Å². The predicted octanol–water partition coefficient (Wildman–Crippen LogP) is 2.98. The number of hydrogen-bond acceptors (Lipinski definition) is 3. The lowest BCUT2D eigenvalue weighted by Crippen LogP contribution is -1.96. The molecule has 1 aromatic carbocycles. The summed E-state index contributed by atoms with van der Waals surface area (Å²) in [5.41, 5.74) is 2.36. The van der Waals surface area contributed by atoms with Crippen molar-refractivity contribution >= 4 is 11.8 Å². The summed E-state index contributed by atoms with van der Waals surface area (Å²) in [6.07, 6.45) is 0.970. The van der Waals surface area contributed by atoms with Gasteiger partial charge in [-0.25, -0.2) is 0 Å². The molecule has 0 unspecified atom stereocenters. The van der Waals surface area contributed by atoms with Crippen molar-refractivity contribution in [2.75, 3.05) is 0 Å². The minimum Gasteiger partial charge on any atom is -0.508 e. The van der Waals surface area contributed by atoms with Crippen LogP contribution in [0.2, 0.25) is 0 Å². The number of aromatic hydroxyl groups is 1. The fourth-order valence-electron chi connectivity index (χ4n) is 1.58. The highest BCUT2D eigenvalue weighted by atomic mass is 32.2. The zero-order valence-corrected chi connectivity index (χ0v) is 10.9. The Labute approximate surface area is 105 Å². The zero-order valence-electron chi connectivity index (χ0n) is 10.1. The molecule has 0 bridgehead atoms. The number of rotatable bonds is 4. The Morgan fingerprint density at radius 1 is 1.29 bits per heavy atom. The standard InChI is InChI=1S/C13H16N2OS/c1-3-10-8-11(15(2)14-10)9-17-13-6-4-12(16)5-7-13/h4-8,16H,3,9H2,1-2H3. The Bertz CT molecular complexity index is 491. The lowest BCUT2D eigenvalue weighted by atomic mass is 10.3. The van der Waals surface area contributed by atoms with Crippen molar-refractivity contribution in [3.05, 3.63) is 41.7 Å². The van der Waals surface area contributed by atoms with E-state index in [2.05, 4.69) is 18.1 Å². The van der Waals surface area contributed by atoms with Crippen molar-refractivity contribution in [3.63, 3.8) is 0 Å². The molecule has 0 saturated heterocycles. The van der Waals surface area contributed by atoms with Gasteiger partial charge in [-0.1, -0.05) is 6.92 Å². The van der Waals surface area contributed by atoms with Gasteiger partial charge in [0.05, 0.1) is 5.69 Å². The van der Waals surface area contributed by atoms with Gasteiger partial charge in [-0.3, -0.25) is 4.68 Å². The molecule has 0 aliphatic carbocycles. The molecule has 3 nitrogen and oxygen atoms in total. The SMILES string of the molecule is CCc1cc(CSc2ccc(O)cc2)n(C)n1. The molecule has 0 saturated carbocycles. The third kappa shape index (κ3) is 3.03. The van der Waals surface area contributed by atoms with Gasteiger partial charge in [0.25, 0.3) is 0 Å². The van der Waals surface area contributed by atoms with Gasteiger partial charge in [0, 0.05) is 23.4 Å². The van der Waals surface area contributed by atoms with Crippen molar-refractivity contribution in [1.29, 1.82) is 0 Å². The number of phenolic OH excluding ortho intramolecular Hbond substituents is 1. The molecular formula is C13H16N2OS. The molecule has 2 aromatic rings. The first kappa shape index (κ1) is 12.0. The monoisotopic (exact) mass is 248 g/mol. The summed E-state index contributed by atoms with van der Waals surface area (Å²) < 4.78 is 1.94. The molecule has 0 atom stereocenters. The van der Waals surface area contributed by atoms with Crippen LogP contribution in [0, 0.1) is 0 Å². The molecule has 0 fully saturated rings. The lowest BCUT2D eigenvalue weighted by Gasteiger charge is -2.02. The fraction of sp³-hybridized carbons (Fsp3) is 0.308. The Hall–Kier alpha value is -1.42. The quantitative estimate of drug-likeness (QED) is 0.845. The Kier molecular flexibility index (Phi) is 3.74. The molecule has 0 amide bonds. The predicted molar refractivity (Wildman–Crippen MR) is 70.3 cm³/mol. The Morgan fingerprint density at radius 2 is 2.00 bits per heavy atom. The van der Waals surface area contributed by atoms with Crippen LogP contribution in [0.4, 0.5) is 0 Å². The van der Waals surface area contributed by atoms with Crippen LogP contribution in [0.1, 0.15) is 18.3 Å². The lowest BCUT2D eigenvalue weighted by molar-refractivity contribution is 0.475. The maximum atomic E-state index is 9.20. The van der Waals surface area contributed by atoms with Gasteiger partial charge in [-0.15, -0.1) is 11.8 Å². The van der Waals surface area contributed by atoms with Crippen molar-refractivity contribution in [1.82, 2.24) is 9.78 Å². The van der Waals surface area contributed by atoms with Gasteiger partial charge < -0.3 is 5.11 Å². The van der Waals surface area contributed by atoms with Crippen LogP contribution < -0.4 is 0 Å². The number of aromatic nitrogens is 2. The van der Waals surface area contributed by atoms with Gasteiger partial charge in [0.15, 0.2) is 0 Å². The van der Waals surface area contributed by atoms with Crippen molar-refractivity contribution in [3.8, 4) is 5.75 Å². The summed E-state index contributed by atoms with van der Waals surface area (Å²) in [7, 11) is 1.98. The molecular weight excluding hydrogens is 232 g/mol. The van der Waals surface area contributed by atoms with Crippen LogP contribution in [0.5, 0.6) is 5.75 Å². The molecule has 0 radical (unpaired) electrons. The van der Waals surface area contributed by atoms with Gasteiger partial charge in [0.1, 0.15) is 5.75 Å². The first-order chi connectivity index (χ1) is 8.19. The van der Waals surface area contributed by atoms with Crippen LogP contribution in [-0.2, 0) is 19.2 Å². The summed E-state index contributed by atoms with van der Waals surface area (Å²) in [6, 6.07) is 9.42. The van der Waals surface area contributed by atoms with E-state index in [4.69, 9.17) is 0 Å². The van der Waals surface area contributed by atoms with E-state index in [1.54, 1.807) is 23.9 Å². The third-order valence-corrected chi connectivity index (χ3v) is 3.66. The van der Waals surface area contributed by atoms with Gasteiger partial charge in [-0.2, -0.15) is 5.10 Å². The maximum absolute atomic E-state index is 9.20. The molecule has 1 N–H and O–H groups in total. The fourth-order valence-corrected chi connectivity index (χ4v) is 2.49. The van der Waals surface area contributed by atoms with E-state index in [-0.39, 0.29) is 0 Å². The molecule has 0 aliphatic heterocycles. The van der Waals surface area contributed by atoms with Crippen LogP contribution in [0.25, 0.3) is 0 Å². The highest BCUT2D eigenvalue weighted by Gasteiger charge is 2.04.